The first-order valence-corrected chi connectivity index (χ1v) is 6.94. The predicted octanol–water partition coefficient (Wildman–Crippen LogP) is 5.16. The molecular weight excluding hydrogens is 342 g/mol. The summed E-state index contributed by atoms with van der Waals surface area (Å²) in [6, 6.07) is 7.97. The highest BCUT2D eigenvalue weighted by molar-refractivity contribution is 7.80. The molecule has 2 nitrogen and oxygen atoms in total. The average Bonchev–Trinajstić information content (AvgIpc) is 2.35. The summed E-state index contributed by atoms with van der Waals surface area (Å²) in [5, 5.41) is 3.27. The Bertz CT molecular complexity index is 668. The molecule has 0 spiro atoms. The second-order valence-electron chi connectivity index (χ2n) is 3.91. The van der Waals surface area contributed by atoms with Crippen LogP contribution in [0.25, 0.3) is 0 Å². The van der Waals surface area contributed by atoms with Crippen LogP contribution < -0.4 is 11.1 Å². The number of anilines is 2. The second kappa shape index (κ2) is 6.14. The lowest BCUT2D eigenvalue weighted by atomic mass is 10.1. The van der Waals surface area contributed by atoms with Crippen molar-refractivity contribution in [1.29, 1.82) is 0 Å². The minimum absolute atomic E-state index is 0.0843. The Labute approximate surface area is 135 Å². The van der Waals surface area contributed by atoms with Crippen molar-refractivity contribution in [3.8, 4) is 0 Å². The Kier molecular flexibility index (Phi) is 4.70. The maximum atomic E-state index is 13.4. The van der Waals surface area contributed by atoms with E-state index >= 15 is 0 Å². The molecule has 20 heavy (non-hydrogen) atoms. The van der Waals surface area contributed by atoms with E-state index in [0.717, 1.165) is 0 Å². The number of halogens is 4. The van der Waals surface area contributed by atoms with Gasteiger partial charge in [0.25, 0.3) is 0 Å². The highest BCUT2D eigenvalue weighted by atomic mass is 35.5. The Morgan fingerprint density at radius 3 is 2.25 bits per heavy atom. The van der Waals surface area contributed by atoms with Gasteiger partial charge in [0.2, 0.25) is 0 Å². The zero-order valence-corrected chi connectivity index (χ0v) is 13.0. The minimum Gasteiger partial charge on any atom is -0.389 e. The van der Waals surface area contributed by atoms with Crippen LogP contribution in [-0.4, -0.2) is 4.99 Å². The van der Waals surface area contributed by atoms with Gasteiger partial charge >= 0.3 is 0 Å². The van der Waals surface area contributed by atoms with Gasteiger partial charge in [0.05, 0.1) is 26.3 Å². The molecule has 0 amide bonds. The monoisotopic (exact) mass is 348 g/mol. The molecule has 0 atom stereocenters. The summed E-state index contributed by atoms with van der Waals surface area (Å²) in [6.45, 7) is 0. The third-order valence-electron chi connectivity index (χ3n) is 2.52. The van der Waals surface area contributed by atoms with Crippen molar-refractivity contribution in [2.24, 2.45) is 5.73 Å². The van der Waals surface area contributed by atoms with E-state index in [1.807, 2.05) is 0 Å². The summed E-state index contributed by atoms with van der Waals surface area (Å²) in [5.74, 6) is -0.667. The van der Waals surface area contributed by atoms with Gasteiger partial charge in [-0.1, -0.05) is 53.1 Å². The van der Waals surface area contributed by atoms with Crippen LogP contribution in [0.3, 0.4) is 0 Å². The van der Waals surface area contributed by atoms with Gasteiger partial charge < -0.3 is 11.1 Å². The van der Waals surface area contributed by atoms with Crippen LogP contribution in [0.5, 0.6) is 0 Å². The van der Waals surface area contributed by atoms with E-state index in [1.54, 1.807) is 18.2 Å². The topological polar surface area (TPSA) is 38.0 Å². The fourth-order valence-corrected chi connectivity index (χ4v) is 2.70. The largest absolute Gasteiger partial charge is 0.389 e. The maximum Gasteiger partial charge on any atom is 0.160 e. The molecule has 0 radical (unpaired) electrons. The molecule has 0 saturated heterocycles. The molecule has 0 heterocycles. The lowest BCUT2D eigenvalue weighted by Crippen LogP contribution is -2.12. The fourth-order valence-electron chi connectivity index (χ4n) is 1.66. The van der Waals surface area contributed by atoms with Gasteiger partial charge in [-0.2, -0.15) is 0 Å². The van der Waals surface area contributed by atoms with Crippen LogP contribution in [0, 0.1) is 5.82 Å². The van der Waals surface area contributed by atoms with Crippen molar-refractivity contribution in [1.82, 2.24) is 0 Å². The van der Waals surface area contributed by atoms with Gasteiger partial charge in [-0.25, -0.2) is 4.39 Å². The van der Waals surface area contributed by atoms with Gasteiger partial charge in [-0.15, -0.1) is 0 Å². The Balaban J connectivity index is 2.45. The van der Waals surface area contributed by atoms with E-state index in [4.69, 9.17) is 52.8 Å². The highest BCUT2D eigenvalue weighted by Crippen LogP contribution is 2.31. The first-order chi connectivity index (χ1) is 9.40. The molecule has 0 aliphatic rings. The average molecular weight is 350 g/mol. The molecular formula is C13H8Cl3FN2S. The van der Waals surface area contributed by atoms with Gasteiger partial charge in [-0.05, 0) is 24.3 Å². The van der Waals surface area contributed by atoms with E-state index < -0.39 is 5.82 Å². The van der Waals surface area contributed by atoms with Gasteiger partial charge in [0.1, 0.15) is 4.99 Å². The summed E-state index contributed by atoms with van der Waals surface area (Å²) in [6.07, 6.45) is 0. The molecule has 104 valence electrons. The molecule has 0 aliphatic heterocycles. The van der Waals surface area contributed by atoms with E-state index in [0.29, 0.717) is 22.0 Å². The number of nitrogens with one attached hydrogen (secondary N) is 1. The van der Waals surface area contributed by atoms with E-state index in [1.165, 1.54) is 12.1 Å². The summed E-state index contributed by atoms with van der Waals surface area (Å²) in [7, 11) is 0. The van der Waals surface area contributed by atoms with E-state index in [-0.39, 0.29) is 15.0 Å². The molecule has 0 fully saturated rings. The maximum absolute atomic E-state index is 13.4. The second-order valence-corrected chi connectivity index (χ2v) is 5.57. The van der Waals surface area contributed by atoms with Crippen molar-refractivity contribution in [2.45, 2.75) is 0 Å². The molecule has 2 rings (SSSR count). The number of hydrogen-bond donors (Lipinski definition) is 2. The molecule has 3 N–H and O–H groups in total. The minimum atomic E-state index is -0.667. The van der Waals surface area contributed by atoms with E-state index in [2.05, 4.69) is 5.32 Å². The van der Waals surface area contributed by atoms with Crippen molar-refractivity contribution in [3.05, 3.63) is 56.8 Å². The summed E-state index contributed by atoms with van der Waals surface area (Å²) >= 11 is 22.5. The molecule has 0 aliphatic carbocycles. The molecule has 2 aromatic rings. The third kappa shape index (κ3) is 3.15. The van der Waals surface area contributed by atoms with Crippen molar-refractivity contribution in [3.63, 3.8) is 0 Å². The molecule has 0 bridgehead atoms. The van der Waals surface area contributed by atoms with Crippen molar-refractivity contribution >= 4 is 63.4 Å². The first-order valence-electron chi connectivity index (χ1n) is 5.40. The number of benzene rings is 2. The normalized spacial score (nSPS) is 10.4. The smallest absolute Gasteiger partial charge is 0.160 e. The third-order valence-corrected chi connectivity index (χ3v) is 3.59. The van der Waals surface area contributed by atoms with Crippen molar-refractivity contribution < 1.29 is 4.39 Å². The predicted molar refractivity (Wildman–Crippen MR) is 87.0 cm³/mol. The summed E-state index contributed by atoms with van der Waals surface area (Å²) in [5.41, 5.74) is 7.24. The zero-order valence-electron chi connectivity index (χ0n) is 9.88. The molecule has 0 unspecified atom stereocenters. The van der Waals surface area contributed by atoms with Gasteiger partial charge in [-0.3, -0.25) is 0 Å². The van der Waals surface area contributed by atoms with Crippen LogP contribution in [0.15, 0.2) is 30.3 Å². The van der Waals surface area contributed by atoms with E-state index in [9.17, 15) is 4.39 Å². The highest BCUT2D eigenvalue weighted by Gasteiger charge is 2.12. The number of thiocarbonyl (C=S) groups is 1. The SMILES string of the molecule is NC(=S)c1c(Cl)cccc1Nc1cc(Cl)c(F)c(Cl)c1. The number of nitrogens with two attached hydrogens (primary N) is 1. The number of rotatable bonds is 3. The Morgan fingerprint density at radius 1 is 1.10 bits per heavy atom. The van der Waals surface area contributed by atoms with Crippen LogP contribution in [-0.2, 0) is 0 Å². The Morgan fingerprint density at radius 2 is 1.70 bits per heavy atom. The Hall–Kier alpha value is -1.07. The van der Waals surface area contributed by atoms with Crippen LogP contribution in [0.1, 0.15) is 5.56 Å². The molecule has 0 aromatic heterocycles. The van der Waals surface area contributed by atoms with Crippen LogP contribution >= 0.6 is 47.0 Å². The summed E-state index contributed by atoms with van der Waals surface area (Å²) in [4.78, 5) is 0.150. The number of hydrogen-bond acceptors (Lipinski definition) is 2. The van der Waals surface area contributed by atoms with Crippen LogP contribution in [0.4, 0.5) is 15.8 Å². The lowest BCUT2D eigenvalue weighted by molar-refractivity contribution is 0.629. The van der Waals surface area contributed by atoms with Crippen molar-refractivity contribution in [2.75, 3.05) is 5.32 Å². The quantitative estimate of drug-likeness (QED) is 0.593. The molecule has 0 saturated carbocycles. The van der Waals surface area contributed by atoms with Crippen LogP contribution in [0.2, 0.25) is 15.1 Å². The zero-order chi connectivity index (χ0) is 14.9. The fraction of sp³-hybridized carbons (Fsp3) is 0. The lowest BCUT2D eigenvalue weighted by Gasteiger charge is -2.13. The van der Waals surface area contributed by atoms with Gasteiger partial charge in [0, 0.05) is 5.69 Å². The first kappa shape index (κ1) is 15.3. The van der Waals surface area contributed by atoms with Gasteiger partial charge in [0.15, 0.2) is 5.82 Å². The molecule has 7 heteroatoms. The summed E-state index contributed by atoms with van der Waals surface area (Å²) < 4.78 is 13.4. The standard InChI is InChI=1S/C13H8Cl3FN2S/c14-7-2-1-3-10(11(7)13(18)20)19-6-4-8(15)12(17)9(16)5-6/h1-5,19H,(H2,18,20). The molecule has 2 aromatic carbocycles.